The van der Waals surface area contributed by atoms with E-state index < -0.39 is 0 Å². The van der Waals surface area contributed by atoms with E-state index in [9.17, 15) is 0 Å². The smallest absolute Gasteiger partial charge is 0.194 e. The highest BCUT2D eigenvalue weighted by atomic mass is 32.1. The molecule has 2 nitrogen and oxygen atoms in total. The number of fused-ring (bicyclic) bond motifs is 1. The SMILES string of the molecule is Cc1nc2scc(C(C)C)n2c1C. The normalized spacial score (nSPS) is 11.8. The summed E-state index contributed by atoms with van der Waals surface area (Å²) in [7, 11) is 0. The van der Waals surface area contributed by atoms with Crippen molar-refractivity contribution < 1.29 is 0 Å². The largest absolute Gasteiger partial charge is 0.291 e. The van der Waals surface area contributed by atoms with Crippen LogP contribution in [0.2, 0.25) is 0 Å². The summed E-state index contributed by atoms with van der Waals surface area (Å²) in [5, 5.41) is 2.21. The van der Waals surface area contributed by atoms with Crippen molar-refractivity contribution in [1.82, 2.24) is 9.38 Å². The van der Waals surface area contributed by atoms with Gasteiger partial charge < -0.3 is 0 Å². The first-order valence-electron chi connectivity index (χ1n) is 4.54. The zero-order chi connectivity index (χ0) is 9.59. The first kappa shape index (κ1) is 8.75. The van der Waals surface area contributed by atoms with Gasteiger partial charge in [0.2, 0.25) is 0 Å². The van der Waals surface area contributed by atoms with Crippen molar-refractivity contribution in [3.63, 3.8) is 0 Å². The van der Waals surface area contributed by atoms with Gasteiger partial charge in [-0.15, -0.1) is 11.3 Å². The topological polar surface area (TPSA) is 17.3 Å². The summed E-state index contributed by atoms with van der Waals surface area (Å²) >= 11 is 1.73. The van der Waals surface area contributed by atoms with Crippen LogP contribution in [0.4, 0.5) is 0 Å². The third-order valence-corrected chi connectivity index (χ3v) is 3.29. The molecule has 0 bridgehead atoms. The molecule has 0 saturated carbocycles. The average molecular weight is 194 g/mol. The third kappa shape index (κ3) is 1.18. The fraction of sp³-hybridized carbons (Fsp3) is 0.500. The van der Waals surface area contributed by atoms with E-state index in [1.54, 1.807) is 11.3 Å². The van der Waals surface area contributed by atoms with Crippen molar-refractivity contribution >= 4 is 16.3 Å². The van der Waals surface area contributed by atoms with Crippen LogP contribution in [0.25, 0.3) is 4.96 Å². The van der Waals surface area contributed by atoms with Gasteiger partial charge in [-0.25, -0.2) is 4.98 Å². The van der Waals surface area contributed by atoms with E-state index in [1.165, 1.54) is 11.4 Å². The van der Waals surface area contributed by atoms with Crippen LogP contribution >= 0.6 is 11.3 Å². The molecule has 0 aliphatic carbocycles. The Morgan fingerprint density at radius 3 is 2.69 bits per heavy atom. The van der Waals surface area contributed by atoms with E-state index in [0.29, 0.717) is 5.92 Å². The van der Waals surface area contributed by atoms with Gasteiger partial charge in [0.1, 0.15) is 0 Å². The molecule has 0 radical (unpaired) electrons. The van der Waals surface area contributed by atoms with Gasteiger partial charge in [-0.2, -0.15) is 0 Å². The van der Waals surface area contributed by atoms with Crippen LogP contribution in [0.5, 0.6) is 0 Å². The summed E-state index contributed by atoms with van der Waals surface area (Å²) in [5.74, 6) is 0.570. The fourth-order valence-electron chi connectivity index (χ4n) is 1.52. The Hall–Kier alpha value is -0.830. The minimum absolute atomic E-state index is 0.570. The van der Waals surface area contributed by atoms with Gasteiger partial charge in [0.15, 0.2) is 4.96 Å². The quantitative estimate of drug-likeness (QED) is 0.681. The zero-order valence-electron chi connectivity index (χ0n) is 8.46. The number of hydrogen-bond donors (Lipinski definition) is 0. The lowest BCUT2D eigenvalue weighted by molar-refractivity contribution is 0.802. The van der Waals surface area contributed by atoms with Crippen molar-refractivity contribution in [3.8, 4) is 0 Å². The second-order valence-corrected chi connectivity index (χ2v) is 4.55. The van der Waals surface area contributed by atoms with Gasteiger partial charge in [-0.3, -0.25) is 4.40 Å². The van der Waals surface area contributed by atoms with E-state index in [-0.39, 0.29) is 0 Å². The van der Waals surface area contributed by atoms with E-state index in [0.717, 1.165) is 10.7 Å². The Labute approximate surface area is 82.2 Å². The molecule has 0 amide bonds. The van der Waals surface area contributed by atoms with E-state index in [1.807, 2.05) is 0 Å². The van der Waals surface area contributed by atoms with Crippen LogP contribution < -0.4 is 0 Å². The van der Waals surface area contributed by atoms with Crippen LogP contribution in [0.1, 0.15) is 36.8 Å². The number of imidazole rings is 1. The second-order valence-electron chi connectivity index (χ2n) is 3.72. The molecule has 0 aromatic carbocycles. The summed E-state index contributed by atoms with van der Waals surface area (Å²) in [6.45, 7) is 8.64. The van der Waals surface area contributed by atoms with Crippen LogP contribution in [0.3, 0.4) is 0 Å². The van der Waals surface area contributed by atoms with Crippen LogP contribution in [-0.4, -0.2) is 9.38 Å². The first-order chi connectivity index (χ1) is 6.11. The van der Waals surface area contributed by atoms with Crippen molar-refractivity contribution in [2.24, 2.45) is 0 Å². The molecule has 2 rings (SSSR count). The predicted octanol–water partition coefficient (Wildman–Crippen LogP) is 3.14. The van der Waals surface area contributed by atoms with Crippen molar-refractivity contribution in [2.75, 3.05) is 0 Å². The molecule has 0 atom stereocenters. The van der Waals surface area contributed by atoms with Crippen molar-refractivity contribution in [2.45, 2.75) is 33.6 Å². The second kappa shape index (κ2) is 2.84. The molecule has 0 aliphatic rings. The minimum atomic E-state index is 0.570. The Bertz CT molecular complexity index is 437. The predicted molar refractivity (Wildman–Crippen MR) is 56.6 cm³/mol. The van der Waals surface area contributed by atoms with Crippen LogP contribution in [-0.2, 0) is 0 Å². The molecule has 2 aromatic heterocycles. The van der Waals surface area contributed by atoms with E-state index in [4.69, 9.17) is 0 Å². The standard InChI is InChI=1S/C10H14N2S/c1-6(2)9-5-13-10-11-7(3)8(4)12(9)10/h5-6H,1-4H3. The molecule has 0 unspecified atom stereocenters. The van der Waals surface area contributed by atoms with Gasteiger partial charge in [0.05, 0.1) is 5.69 Å². The molecule has 3 heteroatoms. The molecule has 2 heterocycles. The molecule has 70 valence electrons. The molecule has 0 saturated heterocycles. The number of thiazole rings is 1. The molecule has 2 aromatic rings. The number of rotatable bonds is 1. The van der Waals surface area contributed by atoms with Gasteiger partial charge in [-0.05, 0) is 19.8 Å². The third-order valence-electron chi connectivity index (χ3n) is 2.45. The Morgan fingerprint density at radius 1 is 1.38 bits per heavy atom. The van der Waals surface area contributed by atoms with E-state index >= 15 is 0 Å². The molecule has 13 heavy (non-hydrogen) atoms. The maximum Gasteiger partial charge on any atom is 0.194 e. The lowest BCUT2D eigenvalue weighted by Gasteiger charge is -2.03. The maximum atomic E-state index is 4.50. The van der Waals surface area contributed by atoms with Crippen molar-refractivity contribution in [1.29, 1.82) is 0 Å². The Kier molecular flexibility index (Phi) is 1.91. The number of aromatic nitrogens is 2. The van der Waals surface area contributed by atoms with Gasteiger partial charge in [0, 0.05) is 16.8 Å². The molecular formula is C10H14N2S. The Morgan fingerprint density at radius 2 is 2.08 bits per heavy atom. The Balaban J connectivity index is 2.78. The number of aryl methyl sites for hydroxylation is 2. The maximum absolute atomic E-state index is 4.50. The summed E-state index contributed by atoms with van der Waals surface area (Å²) < 4.78 is 2.27. The fourth-order valence-corrected chi connectivity index (χ4v) is 2.66. The summed E-state index contributed by atoms with van der Waals surface area (Å²) in [5.41, 5.74) is 3.80. The monoisotopic (exact) mass is 194 g/mol. The van der Waals surface area contributed by atoms with Gasteiger partial charge in [-0.1, -0.05) is 13.8 Å². The van der Waals surface area contributed by atoms with Crippen LogP contribution in [0, 0.1) is 13.8 Å². The van der Waals surface area contributed by atoms with Gasteiger partial charge in [0.25, 0.3) is 0 Å². The first-order valence-corrected chi connectivity index (χ1v) is 5.42. The van der Waals surface area contributed by atoms with Crippen LogP contribution in [0.15, 0.2) is 5.38 Å². The lowest BCUT2D eigenvalue weighted by Crippen LogP contribution is -1.95. The zero-order valence-corrected chi connectivity index (χ0v) is 9.27. The molecule has 0 fully saturated rings. The highest BCUT2D eigenvalue weighted by Crippen LogP contribution is 2.25. The molecule has 0 spiro atoms. The average Bonchev–Trinajstić information content (AvgIpc) is 2.55. The molecule has 0 N–H and O–H groups in total. The molecular weight excluding hydrogens is 180 g/mol. The number of nitrogens with zero attached hydrogens (tertiary/aromatic N) is 2. The summed E-state index contributed by atoms with van der Waals surface area (Å²) in [4.78, 5) is 5.62. The minimum Gasteiger partial charge on any atom is -0.291 e. The van der Waals surface area contributed by atoms with Crippen molar-refractivity contribution in [3.05, 3.63) is 22.5 Å². The summed E-state index contributed by atoms with van der Waals surface area (Å²) in [6, 6.07) is 0. The summed E-state index contributed by atoms with van der Waals surface area (Å²) in [6.07, 6.45) is 0. The molecule has 0 aliphatic heterocycles. The van der Waals surface area contributed by atoms with Gasteiger partial charge >= 0.3 is 0 Å². The number of hydrogen-bond acceptors (Lipinski definition) is 2. The lowest BCUT2D eigenvalue weighted by atomic mass is 10.1. The van der Waals surface area contributed by atoms with E-state index in [2.05, 4.69) is 42.5 Å². The highest BCUT2D eigenvalue weighted by molar-refractivity contribution is 7.15. The highest BCUT2D eigenvalue weighted by Gasteiger charge is 2.12.